The molecule has 0 fully saturated rings. The summed E-state index contributed by atoms with van der Waals surface area (Å²) in [4.78, 5) is 16.2. The molecule has 1 atom stereocenters. The van der Waals surface area contributed by atoms with E-state index in [1.807, 2.05) is 24.3 Å². The van der Waals surface area contributed by atoms with Crippen molar-refractivity contribution in [3.05, 3.63) is 95.4 Å². The zero-order chi connectivity index (χ0) is 23.9. The molecule has 1 N–H and O–H groups in total. The van der Waals surface area contributed by atoms with Crippen molar-refractivity contribution in [2.75, 3.05) is 6.61 Å². The third kappa shape index (κ3) is 5.01. The van der Waals surface area contributed by atoms with Crippen molar-refractivity contribution in [1.82, 2.24) is 15.0 Å². The number of nitrogens with one attached hydrogen (secondary N) is 1. The summed E-state index contributed by atoms with van der Waals surface area (Å²) < 4.78 is 8.47. The predicted octanol–water partition coefficient (Wildman–Crippen LogP) is 5.70. The summed E-state index contributed by atoms with van der Waals surface area (Å²) in [5, 5.41) is 5.31. The standard InChI is InChI=1S/C28H30N4O2/c1-4-20(2)23-9-6-8-12-27(23)34-18-17-32-21(3)25(24-10-5-7-11-26(24)32)19-30-31-28(33)22-13-15-29-16-14-22/h5-16,19-20H,4,17-18H2,1-3H3,(H,31,33)/b30-19-/t20-/m0/s1. The van der Waals surface area contributed by atoms with Gasteiger partial charge in [0, 0.05) is 40.1 Å². The Labute approximate surface area is 200 Å². The number of para-hydroxylation sites is 2. The van der Waals surface area contributed by atoms with Gasteiger partial charge in [0.2, 0.25) is 0 Å². The molecule has 0 saturated heterocycles. The van der Waals surface area contributed by atoms with E-state index in [2.05, 4.69) is 65.1 Å². The topological polar surface area (TPSA) is 68.5 Å². The van der Waals surface area contributed by atoms with Gasteiger partial charge in [-0.25, -0.2) is 5.43 Å². The molecule has 0 aliphatic rings. The number of fused-ring (bicyclic) bond motifs is 1. The molecule has 2 heterocycles. The Morgan fingerprint density at radius 1 is 1.12 bits per heavy atom. The summed E-state index contributed by atoms with van der Waals surface area (Å²) in [6.45, 7) is 7.75. The molecule has 0 radical (unpaired) electrons. The SMILES string of the molecule is CC[C@H](C)c1ccccc1OCCn1c(C)c(/C=N\NC(=O)c2ccncc2)c2ccccc21. The average Bonchev–Trinajstić information content (AvgIpc) is 3.15. The van der Waals surface area contributed by atoms with Gasteiger partial charge in [-0.2, -0.15) is 5.10 Å². The molecular formula is C28H30N4O2. The third-order valence-electron chi connectivity index (χ3n) is 6.22. The Balaban J connectivity index is 1.51. The maximum Gasteiger partial charge on any atom is 0.271 e. The Kier molecular flexibility index (Phi) is 7.38. The lowest BCUT2D eigenvalue weighted by molar-refractivity contribution is 0.0955. The van der Waals surface area contributed by atoms with Crippen molar-refractivity contribution < 1.29 is 9.53 Å². The average molecular weight is 455 g/mol. The number of rotatable bonds is 9. The van der Waals surface area contributed by atoms with E-state index in [0.29, 0.717) is 24.6 Å². The Hall–Kier alpha value is -3.93. The zero-order valence-electron chi connectivity index (χ0n) is 19.9. The van der Waals surface area contributed by atoms with Gasteiger partial charge in [-0.15, -0.1) is 0 Å². The highest BCUT2D eigenvalue weighted by molar-refractivity contribution is 6.02. The Morgan fingerprint density at radius 3 is 2.65 bits per heavy atom. The lowest BCUT2D eigenvalue weighted by Gasteiger charge is -2.16. The number of benzene rings is 2. The highest BCUT2D eigenvalue weighted by Crippen LogP contribution is 2.29. The summed E-state index contributed by atoms with van der Waals surface area (Å²) in [6, 6.07) is 19.8. The molecule has 6 heteroatoms. The van der Waals surface area contributed by atoms with Crippen molar-refractivity contribution in [1.29, 1.82) is 0 Å². The minimum Gasteiger partial charge on any atom is -0.491 e. The molecule has 1 amide bonds. The van der Waals surface area contributed by atoms with E-state index in [1.54, 1.807) is 30.7 Å². The van der Waals surface area contributed by atoms with Crippen molar-refractivity contribution >= 4 is 23.0 Å². The summed E-state index contributed by atoms with van der Waals surface area (Å²) in [7, 11) is 0. The molecule has 0 bridgehead atoms. The highest BCUT2D eigenvalue weighted by Gasteiger charge is 2.14. The molecule has 2 aromatic carbocycles. The summed E-state index contributed by atoms with van der Waals surface area (Å²) >= 11 is 0. The van der Waals surface area contributed by atoms with Crippen molar-refractivity contribution in [3.63, 3.8) is 0 Å². The number of ether oxygens (including phenoxy) is 1. The number of aromatic nitrogens is 2. The predicted molar refractivity (Wildman–Crippen MR) is 137 cm³/mol. The number of pyridine rings is 1. The fraction of sp³-hybridized carbons (Fsp3) is 0.250. The van der Waals surface area contributed by atoms with Crippen molar-refractivity contribution in [3.8, 4) is 5.75 Å². The van der Waals surface area contributed by atoms with E-state index in [1.165, 1.54) is 5.56 Å². The van der Waals surface area contributed by atoms with E-state index in [4.69, 9.17) is 4.74 Å². The van der Waals surface area contributed by atoms with E-state index in [0.717, 1.165) is 34.3 Å². The first kappa shape index (κ1) is 23.2. The normalized spacial score (nSPS) is 12.2. The van der Waals surface area contributed by atoms with Gasteiger partial charge in [0.15, 0.2) is 0 Å². The van der Waals surface area contributed by atoms with Crippen LogP contribution in [0.15, 0.2) is 78.2 Å². The lowest BCUT2D eigenvalue weighted by atomic mass is 9.98. The first-order valence-corrected chi connectivity index (χ1v) is 11.6. The smallest absolute Gasteiger partial charge is 0.271 e. The second-order valence-corrected chi connectivity index (χ2v) is 8.30. The second-order valence-electron chi connectivity index (χ2n) is 8.30. The Morgan fingerprint density at radius 2 is 1.85 bits per heavy atom. The van der Waals surface area contributed by atoms with Crippen LogP contribution in [0.3, 0.4) is 0 Å². The van der Waals surface area contributed by atoms with E-state index in [-0.39, 0.29) is 5.91 Å². The van der Waals surface area contributed by atoms with Crippen LogP contribution in [0.1, 0.15) is 53.4 Å². The largest absolute Gasteiger partial charge is 0.491 e. The molecule has 0 unspecified atom stereocenters. The van der Waals surface area contributed by atoms with Gasteiger partial charge in [-0.05, 0) is 49.1 Å². The molecule has 2 aromatic heterocycles. The van der Waals surface area contributed by atoms with Gasteiger partial charge < -0.3 is 9.30 Å². The van der Waals surface area contributed by atoms with Crippen LogP contribution in [-0.4, -0.2) is 28.3 Å². The lowest BCUT2D eigenvalue weighted by Crippen LogP contribution is -2.17. The summed E-state index contributed by atoms with van der Waals surface area (Å²) in [5.41, 5.74) is 7.53. The van der Waals surface area contributed by atoms with Gasteiger partial charge in [-0.1, -0.05) is 50.2 Å². The van der Waals surface area contributed by atoms with E-state index >= 15 is 0 Å². The van der Waals surface area contributed by atoms with Crippen LogP contribution >= 0.6 is 0 Å². The molecule has 0 aliphatic heterocycles. The molecule has 4 aromatic rings. The summed E-state index contributed by atoms with van der Waals surface area (Å²) in [5.74, 6) is 1.13. The van der Waals surface area contributed by atoms with Gasteiger partial charge >= 0.3 is 0 Å². The number of amides is 1. The maximum atomic E-state index is 12.3. The van der Waals surface area contributed by atoms with Gasteiger partial charge in [0.1, 0.15) is 12.4 Å². The van der Waals surface area contributed by atoms with Crippen LogP contribution in [0, 0.1) is 6.92 Å². The maximum absolute atomic E-state index is 12.3. The van der Waals surface area contributed by atoms with Gasteiger partial charge in [-0.3, -0.25) is 9.78 Å². The molecule has 4 rings (SSSR count). The molecule has 174 valence electrons. The molecule has 0 spiro atoms. The first-order chi connectivity index (χ1) is 16.6. The number of hydrogen-bond donors (Lipinski definition) is 1. The molecular weight excluding hydrogens is 424 g/mol. The molecule has 34 heavy (non-hydrogen) atoms. The van der Waals surface area contributed by atoms with E-state index < -0.39 is 0 Å². The molecule has 0 saturated carbocycles. The molecule has 6 nitrogen and oxygen atoms in total. The van der Waals surface area contributed by atoms with Gasteiger partial charge in [0.25, 0.3) is 5.91 Å². The highest BCUT2D eigenvalue weighted by atomic mass is 16.5. The number of nitrogens with zero attached hydrogens (tertiary/aromatic N) is 3. The quantitative estimate of drug-likeness (QED) is 0.260. The first-order valence-electron chi connectivity index (χ1n) is 11.6. The minimum absolute atomic E-state index is 0.270. The van der Waals surface area contributed by atoms with Crippen LogP contribution in [0.5, 0.6) is 5.75 Å². The fourth-order valence-corrected chi connectivity index (χ4v) is 4.12. The zero-order valence-corrected chi connectivity index (χ0v) is 19.9. The van der Waals surface area contributed by atoms with Gasteiger partial charge in [0.05, 0.1) is 12.8 Å². The number of hydrogen-bond acceptors (Lipinski definition) is 4. The third-order valence-corrected chi connectivity index (χ3v) is 6.22. The van der Waals surface area contributed by atoms with Crippen LogP contribution in [-0.2, 0) is 6.54 Å². The van der Waals surface area contributed by atoms with Crippen LogP contribution < -0.4 is 10.2 Å². The van der Waals surface area contributed by atoms with Crippen LogP contribution in [0.4, 0.5) is 0 Å². The second kappa shape index (κ2) is 10.8. The number of hydrazone groups is 1. The minimum atomic E-state index is -0.270. The Bertz CT molecular complexity index is 1290. The molecule has 0 aliphatic carbocycles. The monoisotopic (exact) mass is 454 g/mol. The van der Waals surface area contributed by atoms with Crippen LogP contribution in [0.25, 0.3) is 10.9 Å². The van der Waals surface area contributed by atoms with Crippen molar-refractivity contribution in [2.24, 2.45) is 5.10 Å². The number of carbonyl (C=O) groups excluding carboxylic acids is 1. The van der Waals surface area contributed by atoms with Crippen LogP contribution in [0.2, 0.25) is 0 Å². The number of carbonyl (C=O) groups is 1. The summed E-state index contributed by atoms with van der Waals surface area (Å²) in [6.07, 6.45) is 5.95. The van der Waals surface area contributed by atoms with Crippen molar-refractivity contribution in [2.45, 2.75) is 39.7 Å². The van der Waals surface area contributed by atoms with E-state index in [9.17, 15) is 4.79 Å². The fourth-order valence-electron chi connectivity index (χ4n) is 4.12.